The van der Waals surface area contributed by atoms with Gasteiger partial charge in [-0.15, -0.1) is 0 Å². The third-order valence-electron chi connectivity index (χ3n) is 2.57. The molecular weight excluding hydrogens is 174 g/mol. The first-order valence-corrected chi connectivity index (χ1v) is 5.34. The second kappa shape index (κ2) is 5.81. The molecule has 0 saturated heterocycles. The maximum absolute atomic E-state index is 4.16. The van der Waals surface area contributed by atoms with E-state index in [9.17, 15) is 0 Å². The lowest BCUT2D eigenvalue weighted by Crippen LogP contribution is -2.11. The summed E-state index contributed by atoms with van der Waals surface area (Å²) < 4.78 is 1.87. The molecule has 0 radical (unpaired) electrons. The molecule has 0 saturated carbocycles. The number of aromatic nitrogens is 2. The number of hydrogen-bond donors (Lipinski definition) is 1. The van der Waals surface area contributed by atoms with Crippen LogP contribution in [0.25, 0.3) is 0 Å². The van der Waals surface area contributed by atoms with Crippen molar-refractivity contribution in [3.05, 3.63) is 18.0 Å². The Bertz CT molecular complexity index is 255. The summed E-state index contributed by atoms with van der Waals surface area (Å²) in [6, 6.07) is 0. The Morgan fingerprint density at radius 2 is 2.29 bits per heavy atom. The summed E-state index contributed by atoms with van der Waals surface area (Å²) >= 11 is 0. The highest BCUT2D eigenvalue weighted by molar-refractivity contribution is 5.03. The number of aryl methyl sites for hydroxylation is 2. The molecule has 0 aliphatic carbocycles. The normalized spacial score (nSPS) is 13.1. The summed E-state index contributed by atoms with van der Waals surface area (Å²) in [7, 11) is 3.97. The summed E-state index contributed by atoms with van der Waals surface area (Å²) in [4.78, 5) is 0. The van der Waals surface area contributed by atoms with E-state index in [1.54, 1.807) is 0 Å². The fourth-order valence-corrected chi connectivity index (χ4v) is 1.55. The Balaban J connectivity index is 2.20. The Hall–Kier alpha value is -0.830. The molecule has 1 N–H and O–H groups in total. The van der Waals surface area contributed by atoms with Crippen molar-refractivity contribution in [2.24, 2.45) is 13.0 Å². The molecule has 0 fully saturated rings. The average Bonchev–Trinajstić information content (AvgIpc) is 2.58. The first-order chi connectivity index (χ1) is 6.72. The predicted octanol–water partition coefficient (Wildman–Crippen LogP) is 1.60. The Kier molecular flexibility index (Phi) is 4.66. The van der Waals surface area contributed by atoms with Gasteiger partial charge in [-0.1, -0.05) is 6.92 Å². The van der Waals surface area contributed by atoms with Crippen LogP contribution in [0.1, 0.15) is 25.3 Å². The highest BCUT2D eigenvalue weighted by atomic mass is 15.2. The standard InChI is InChI=1S/C11H21N3/c1-10(6-7-12-2)4-5-11-8-13-14(3)9-11/h8-10,12H,4-7H2,1-3H3. The first kappa shape index (κ1) is 11.2. The highest BCUT2D eigenvalue weighted by Crippen LogP contribution is 2.11. The molecular formula is C11H21N3. The fourth-order valence-electron chi connectivity index (χ4n) is 1.55. The lowest BCUT2D eigenvalue weighted by atomic mass is 10.00. The monoisotopic (exact) mass is 195 g/mol. The zero-order chi connectivity index (χ0) is 10.4. The lowest BCUT2D eigenvalue weighted by molar-refractivity contribution is 0.482. The van der Waals surface area contributed by atoms with Crippen LogP contribution in [-0.4, -0.2) is 23.4 Å². The van der Waals surface area contributed by atoms with Gasteiger partial charge in [-0.25, -0.2) is 0 Å². The van der Waals surface area contributed by atoms with Gasteiger partial charge < -0.3 is 5.32 Å². The molecule has 0 aliphatic heterocycles. The molecule has 1 aromatic rings. The molecule has 0 spiro atoms. The number of rotatable bonds is 6. The topological polar surface area (TPSA) is 29.9 Å². The van der Waals surface area contributed by atoms with E-state index in [0.29, 0.717) is 0 Å². The van der Waals surface area contributed by atoms with Gasteiger partial charge in [-0.2, -0.15) is 5.10 Å². The van der Waals surface area contributed by atoms with Gasteiger partial charge in [0.25, 0.3) is 0 Å². The zero-order valence-electron chi connectivity index (χ0n) is 9.45. The van der Waals surface area contributed by atoms with Crippen molar-refractivity contribution in [1.82, 2.24) is 15.1 Å². The van der Waals surface area contributed by atoms with Crippen molar-refractivity contribution in [3.63, 3.8) is 0 Å². The van der Waals surface area contributed by atoms with E-state index >= 15 is 0 Å². The zero-order valence-corrected chi connectivity index (χ0v) is 9.45. The van der Waals surface area contributed by atoms with E-state index in [1.165, 1.54) is 18.4 Å². The smallest absolute Gasteiger partial charge is 0.0521 e. The molecule has 1 unspecified atom stereocenters. The van der Waals surface area contributed by atoms with Crippen LogP contribution < -0.4 is 5.32 Å². The van der Waals surface area contributed by atoms with Crippen molar-refractivity contribution in [2.75, 3.05) is 13.6 Å². The van der Waals surface area contributed by atoms with Gasteiger partial charge in [0, 0.05) is 13.2 Å². The van der Waals surface area contributed by atoms with Crippen LogP contribution in [0.2, 0.25) is 0 Å². The summed E-state index contributed by atoms with van der Waals surface area (Å²) in [5, 5.41) is 7.35. The minimum absolute atomic E-state index is 0.794. The molecule has 0 aromatic carbocycles. The molecule has 1 atom stereocenters. The van der Waals surface area contributed by atoms with E-state index in [0.717, 1.165) is 18.9 Å². The van der Waals surface area contributed by atoms with Crippen molar-refractivity contribution < 1.29 is 0 Å². The van der Waals surface area contributed by atoms with E-state index in [2.05, 4.69) is 23.5 Å². The molecule has 14 heavy (non-hydrogen) atoms. The summed E-state index contributed by atoms with van der Waals surface area (Å²) in [5.74, 6) is 0.794. The van der Waals surface area contributed by atoms with Gasteiger partial charge >= 0.3 is 0 Å². The molecule has 3 nitrogen and oxygen atoms in total. The van der Waals surface area contributed by atoms with Gasteiger partial charge in [-0.3, -0.25) is 4.68 Å². The summed E-state index contributed by atoms with van der Waals surface area (Å²) in [5.41, 5.74) is 1.35. The molecule has 80 valence electrons. The number of nitrogens with one attached hydrogen (secondary N) is 1. The van der Waals surface area contributed by atoms with Crippen molar-refractivity contribution >= 4 is 0 Å². The van der Waals surface area contributed by atoms with Crippen LogP contribution in [0.15, 0.2) is 12.4 Å². The van der Waals surface area contributed by atoms with Crippen LogP contribution in [0, 0.1) is 5.92 Å². The van der Waals surface area contributed by atoms with Gasteiger partial charge in [0.1, 0.15) is 0 Å². The SMILES string of the molecule is CNCCC(C)CCc1cnn(C)c1. The minimum atomic E-state index is 0.794. The highest BCUT2D eigenvalue weighted by Gasteiger charge is 2.03. The Labute approximate surface area is 86.5 Å². The quantitative estimate of drug-likeness (QED) is 0.747. The van der Waals surface area contributed by atoms with Gasteiger partial charge in [0.15, 0.2) is 0 Å². The third-order valence-corrected chi connectivity index (χ3v) is 2.57. The van der Waals surface area contributed by atoms with Crippen molar-refractivity contribution in [1.29, 1.82) is 0 Å². The molecule has 1 rings (SSSR count). The maximum atomic E-state index is 4.16. The fraction of sp³-hybridized carbons (Fsp3) is 0.727. The predicted molar refractivity (Wildman–Crippen MR) is 59.2 cm³/mol. The molecule has 0 bridgehead atoms. The summed E-state index contributed by atoms with van der Waals surface area (Å²) in [6.07, 6.45) is 7.73. The van der Waals surface area contributed by atoms with Crippen LogP contribution in [0.5, 0.6) is 0 Å². The minimum Gasteiger partial charge on any atom is -0.320 e. The van der Waals surface area contributed by atoms with Crippen molar-refractivity contribution in [3.8, 4) is 0 Å². The maximum Gasteiger partial charge on any atom is 0.0521 e. The van der Waals surface area contributed by atoms with Gasteiger partial charge in [0.2, 0.25) is 0 Å². The largest absolute Gasteiger partial charge is 0.320 e. The van der Waals surface area contributed by atoms with Crippen LogP contribution in [0.4, 0.5) is 0 Å². The third kappa shape index (κ3) is 3.92. The number of nitrogens with zero attached hydrogens (tertiary/aromatic N) is 2. The average molecular weight is 195 g/mol. The second-order valence-corrected chi connectivity index (χ2v) is 4.06. The van der Waals surface area contributed by atoms with Gasteiger partial charge in [-0.05, 0) is 44.3 Å². The van der Waals surface area contributed by atoms with E-state index in [4.69, 9.17) is 0 Å². The first-order valence-electron chi connectivity index (χ1n) is 5.34. The summed E-state index contributed by atoms with van der Waals surface area (Å²) in [6.45, 7) is 3.43. The molecule has 0 amide bonds. The van der Waals surface area contributed by atoms with Gasteiger partial charge in [0.05, 0.1) is 6.20 Å². The Morgan fingerprint density at radius 1 is 1.50 bits per heavy atom. The van der Waals surface area contributed by atoms with Crippen LogP contribution in [-0.2, 0) is 13.5 Å². The van der Waals surface area contributed by atoms with Crippen LogP contribution >= 0.6 is 0 Å². The van der Waals surface area contributed by atoms with E-state index < -0.39 is 0 Å². The van der Waals surface area contributed by atoms with E-state index in [1.807, 2.05) is 25.0 Å². The second-order valence-electron chi connectivity index (χ2n) is 4.06. The molecule has 1 heterocycles. The Morgan fingerprint density at radius 3 is 2.86 bits per heavy atom. The molecule has 1 aromatic heterocycles. The number of hydrogen-bond acceptors (Lipinski definition) is 2. The molecule has 0 aliphatic rings. The van der Waals surface area contributed by atoms with E-state index in [-0.39, 0.29) is 0 Å². The van der Waals surface area contributed by atoms with Crippen LogP contribution in [0.3, 0.4) is 0 Å². The molecule has 3 heteroatoms. The van der Waals surface area contributed by atoms with Crippen molar-refractivity contribution in [2.45, 2.75) is 26.2 Å². The lowest BCUT2D eigenvalue weighted by Gasteiger charge is -2.09.